The fourth-order valence-corrected chi connectivity index (χ4v) is 4.25. The molecule has 0 amide bonds. The van der Waals surface area contributed by atoms with Crippen molar-refractivity contribution in [1.29, 1.82) is 0 Å². The first-order chi connectivity index (χ1) is 11.0. The zero-order valence-electron chi connectivity index (χ0n) is 14.1. The smallest absolute Gasteiger partial charge is 0.275 e. The number of hydrogen-bond donors (Lipinski definition) is 1. The van der Waals surface area contributed by atoms with E-state index in [1.165, 1.54) is 60.4 Å². The summed E-state index contributed by atoms with van der Waals surface area (Å²) in [6.07, 6.45) is 7.62. The van der Waals surface area contributed by atoms with E-state index in [1.54, 1.807) is 0 Å². The fourth-order valence-electron chi connectivity index (χ4n) is 3.40. The first kappa shape index (κ1) is 16.4. The van der Waals surface area contributed by atoms with Gasteiger partial charge in [-0.05, 0) is 33.9 Å². The minimum atomic E-state index is -0.117. The summed E-state index contributed by atoms with van der Waals surface area (Å²) < 4.78 is 1.38. The second kappa shape index (κ2) is 6.57. The Bertz CT molecular complexity index is 728. The van der Waals surface area contributed by atoms with Crippen molar-refractivity contribution in [3.8, 4) is 0 Å². The van der Waals surface area contributed by atoms with Gasteiger partial charge in [0.25, 0.3) is 5.56 Å². The van der Waals surface area contributed by atoms with E-state index in [2.05, 4.69) is 34.4 Å². The highest BCUT2D eigenvalue weighted by atomic mass is 32.1. The molecule has 7 heteroatoms. The molecule has 1 fully saturated rings. The monoisotopic (exact) mass is 335 g/mol. The summed E-state index contributed by atoms with van der Waals surface area (Å²) in [5, 5.41) is 8.62. The van der Waals surface area contributed by atoms with E-state index in [1.807, 2.05) is 6.92 Å². The summed E-state index contributed by atoms with van der Waals surface area (Å²) in [5.41, 5.74) is 0.787. The van der Waals surface area contributed by atoms with Crippen LogP contribution < -0.4 is 10.9 Å². The molecule has 6 nitrogen and oxygen atoms in total. The third-order valence-corrected chi connectivity index (χ3v) is 5.79. The molecule has 1 N–H and O–H groups in total. The lowest BCUT2D eigenvalue weighted by molar-refractivity contribution is 0.143. The summed E-state index contributed by atoms with van der Waals surface area (Å²) >= 11 is 1.44. The van der Waals surface area contributed by atoms with Gasteiger partial charge in [-0.15, -0.1) is 5.10 Å². The Morgan fingerprint density at radius 3 is 2.65 bits per heavy atom. The molecule has 1 saturated carbocycles. The lowest BCUT2D eigenvalue weighted by Gasteiger charge is -2.39. The highest BCUT2D eigenvalue weighted by Crippen LogP contribution is 2.31. The Morgan fingerprint density at radius 1 is 1.30 bits per heavy atom. The highest BCUT2D eigenvalue weighted by Gasteiger charge is 2.33. The van der Waals surface area contributed by atoms with Gasteiger partial charge in [0.15, 0.2) is 0 Å². The van der Waals surface area contributed by atoms with Crippen molar-refractivity contribution in [2.45, 2.75) is 51.0 Å². The van der Waals surface area contributed by atoms with Gasteiger partial charge in [-0.1, -0.05) is 37.0 Å². The molecule has 2 aromatic heterocycles. The number of nitrogens with one attached hydrogen (secondary N) is 1. The number of anilines is 1. The van der Waals surface area contributed by atoms with E-state index in [-0.39, 0.29) is 11.1 Å². The van der Waals surface area contributed by atoms with E-state index in [0.29, 0.717) is 4.96 Å². The van der Waals surface area contributed by atoms with Gasteiger partial charge in [0, 0.05) is 23.8 Å². The first-order valence-corrected chi connectivity index (χ1v) is 9.11. The number of aryl methyl sites for hydroxylation is 1. The Kier molecular flexibility index (Phi) is 4.68. The van der Waals surface area contributed by atoms with Gasteiger partial charge in [0.2, 0.25) is 10.1 Å². The number of nitrogens with zero attached hydrogens (tertiary/aromatic N) is 4. The quantitative estimate of drug-likeness (QED) is 0.870. The van der Waals surface area contributed by atoms with Crippen LogP contribution in [0.5, 0.6) is 0 Å². The molecule has 0 spiro atoms. The molecule has 0 unspecified atom stereocenters. The SMILES string of the molecule is Cc1cc(=O)n2nc(NCC3(N(C)C)CCCCCC3)sc2n1. The van der Waals surface area contributed by atoms with Crippen molar-refractivity contribution in [1.82, 2.24) is 19.5 Å². The van der Waals surface area contributed by atoms with E-state index < -0.39 is 0 Å². The number of likely N-dealkylation sites (N-methyl/N-ethyl adjacent to an activating group) is 1. The maximum Gasteiger partial charge on any atom is 0.275 e. The van der Waals surface area contributed by atoms with Crippen LogP contribution >= 0.6 is 11.3 Å². The van der Waals surface area contributed by atoms with Crippen LogP contribution in [0.25, 0.3) is 4.96 Å². The van der Waals surface area contributed by atoms with Crippen molar-refractivity contribution in [3.63, 3.8) is 0 Å². The van der Waals surface area contributed by atoms with E-state index in [9.17, 15) is 4.79 Å². The van der Waals surface area contributed by atoms with Crippen molar-refractivity contribution in [2.75, 3.05) is 26.0 Å². The van der Waals surface area contributed by atoms with Crippen LogP contribution in [0.15, 0.2) is 10.9 Å². The van der Waals surface area contributed by atoms with Crippen molar-refractivity contribution in [2.24, 2.45) is 0 Å². The van der Waals surface area contributed by atoms with Gasteiger partial charge in [-0.25, -0.2) is 4.98 Å². The van der Waals surface area contributed by atoms with E-state index >= 15 is 0 Å². The molecule has 23 heavy (non-hydrogen) atoms. The highest BCUT2D eigenvalue weighted by molar-refractivity contribution is 7.20. The van der Waals surface area contributed by atoms with Crippen LogP contribution in [-0.2, 0) is 0 Å². The van der Waals surface area contributed by atoms with Gasteiger partial charge in [-0.2, -0.15) is 4.52 Å². The minimum absolute atomic E-state index is 0.117. The molecule has 0 atom stereocenters. The molecule has 3 rings (SSSR count). The number of hydrogen-bond acceptors (Lipinski definition) is 6. The molecule has 1 aliphatic carbocycles. The topological polar surface area (TPSA) is 62.5 Å². The molecular weight excluding hydrogens is 310 g/mol. The van der Waals surface area contributed by atoms with Gasteiger partial charge in [0.05, 0.1) is 0 Å². The van der Waals surface area contributed by atoms with Crippen molar-refractivity contribution >= 4 is 21.4 Å². The van der Waals surface area contributed by atoms with Crippen LogP contribution in [0.4, 0.5) is 5.13 Å². The number of aromatic nitrogens is 3. The van der Waals surface area contributed by atoms with Crippen LogP contribution in [0.3, 0.4) is 0 Å². The molecule has 0 aromatic carbocycles. The van der Waals surface area contributed by atoms with Crippen LogP contribution in [-0.4, -0.2) is 45.7 Å². The zero-order chi connectivity index (χ0) is 16.4. The molecule has 2 heterocycles. The Labute approximate surface area is 140 Å². The maximum absolute atomic E-state index is 12.0. The average molecular weight is 335 g/mol. The average Bonchev–Trinajstić information content (AvgIpc) is 2.75. The molecule has 1 aliphatic rings. The number of rotatable bonds is 4. The van der Waals surface area contributed by atoms with Crippen molar-refractivity contribution < 1.29 is 0 Å². The second-order valence-corrected chi connectivity index (χ2v) is 7.68. The van der Waals surface area contributed by atoms with Crippen LogP contribution in [0, 0.1) is 6.92 Å². The zero-order valence-corrected chi connectivity index (χ0v) is 14.9. The standard InChI is InChI=1S/C16H25N5OS/c1-12-10-13(22)21-15(18-12)23-14(19-21)17-11-16(20(2)3)8-6-4-5-7-9-16/h10H,4-9,11H2,1-3H3,(H,17,19). The molecular formula is C16H25N5OS. The molecule has 0 radical (unpaired) electrons. The molecule has 0 aliphatic heterocycles. The maximum atomic E-state index is 12.0. The largest absolute Gasteiger partial charge is 0.358 e. The summed E-state index contributed by atoms with van der Waals surface area (Å²) in [6.45, 7) is 2.69. The van der Waals surface area contributed by atoms with Gasteiger partial charge >= 0.3 is 0 Å². The van der Waals surface area contributed by atoms with Gasteiger partial charge in [-0.3, -0.25) is 4.79 Å². The summed E-state index contributed by atoms with van der Waals surface area (Å²) in [6, 6.07) is 1.52. The molecule has 0 bridgehead atoms. The lowest BCUT2D eigenvalue weighted by Crippen LogP contribution is -2.49. The first-order valence-electron chi connectivity index (χ1n) is 8.29. The fraction of sp³-hybridized carbons (Fsp3) is 0.688. The number of fused-ring (bicyclic) bond motifs is 1. The van der Waals surface area contributed by atoms with E-state index in [0.717, 1.165) is 17.4 Å². The Morgan fingerprint density at radius 2 is 2.00 bits per heavy atom. The molecule has 0 saturated heterocycles. The Hall–Kier alpha value is -1.47. The predicted molar refractivity (Wildman–Crippen MR) is 94.5 cm³/mol. The minimum Gasteiger partial charge on any atom is -0.358 e. The third kappa shape index (κ3) is 3.40. The molecule has 2 aromatic rings. The predicted octanol–water partition coefficient (Wildman–Crippen LogP) is 2.53. The van der Waals surface area contributed by atoms with E-state index in [4.69, 9.17) is 0 Å². The molecule has 126 valence electrons. The third-order valence-electron chi connectivity index (χ3n) is 4.92. The Balaban J connectivity index is 1.81. The summed E-state index contributed by atoms with van der Waals surface area (Å²) in [5.74, 6) is 0. The summed E-state index contributed by atoms with van der Waals surface area (Å²) in [4.78, 5) is 19.4. The summed E-state index contributed by atoms with van der Waals surface area (Å²) in [7, 11) is 4.33. The van der Waals surface area contributed by atoms with Gasteiger partial charge in [0.1, 0.15) is 0 Å². The second-order valence-electron chi connectivity index (χ2n) is 6.72. The van der Waals surface area contributed by atoms with Crippen molar-refractivity contribution in [3.05, 3.63) is 22.1 Å². The van der Waals surface area contributed by atoms with Crippen LogP contribution in [0.1, 0.15) is 44.2 Å². The normalized spacial score (nSPS) is 18.3. The van der Waals surface area contributed by atoms with Gasteiger partial charge < -0.3 is 10.2 Å². The lowest BCUT2D eigenvalue weighted by atomic mass is 9.89. The van der Waals surface area contributed by atoms with Crippen LogP contribution in [0.2, 0.25) is 0 Å².